The number of aryl methyl sites for hydroxylation is 1. The van der Waals surface area contributed by atoms with E-state index in [4.69, 9.17) is 0 Å². The van der Waals surface area contributed by atoms with Gasteiger partial charge in [-0.15, -0.1) is 0 Å². The predicted octanol–water partition coefficient (Wildman–Crippen LogP) is 2.92. The van der Waals surface area contributed by atoms with Crippen LogP contribution < -0.4 is 0 Å². The third-order valence-corrected chi connectivity index (χ3v) is 2.83. The highest BCUT2D eigenvalue weighted by molar-refractivity contribution is 5.69. The number of benzene rings is 1. The molecule has 0 aliphatic heterocycles. The van der Waals surface area contributed by atoms with E-state index in [1.807, 2.05) is 6.08 Å². The van der Waals surface area contributed by atoms with E-state index in [1.165, 1.54) is 16.7 Å². The van der Waals surface area contributed by atoms with Crippen LogP contribution in [0.3, 0.4) is 0 Å². The molecule has 1 aromatic rings. The molecule has 0 bridgehead atoms. The van der Waals surface area contributed by atoms with Crippen LogP contribution in [0.2, 0.25) is 0 Å². The number of rotatable bonds is 1. The van der Waals surface area contributed by atoms with Crippen LogP contribution in [0.25, 0.3) is 5.57 Å². The van der Waals surface area contributed by atoms with Crippen molar-refractivity contribution in [3.05, 3.63) is 41.5 Å². The minimum absolute atomic E-state index is 0.238. The normalized spacial score (nSPS) is 21.9. The van der Waals surface area contributed by atoms with Gasteiger partial charge in [-0.2, -0.15) is 0 Å². The van der Waals surface area contributed by atoms with Crippen LogP contribution >= 0.6 is 0 Å². The van der Waals surface area contributed by atoms with Crippen molar-refractivity contribution in [3.8, 4) is 0 Å². The van der Waals surface area contributed by atoms with Crippen LogP contribution in [0.1, 0.15) is 30.4 Å². The van der Waals surface area contributed by atoms with Gasteiger partial charge in [-0.05, 0) is 42.9 Å². The standard InChI is InChI=1S/C13H16O/c1-10-5-2-3-8-13(10)11-6-4-7-12(14)9-11/h2-3,5,8-9,12,14H,4,6-7H2,1H3/t12-/m1/s1. The second kappa shape index (κ2) is 3.97. The van der Waals surface area contributed by atoms with Crippen molar-refractivity contribution >= 4 is 5.57 Å². The van der Waals surface area contributed by atoms with Crippen LogP contribution in [0.5, 0.6) is 0 Å². The van der Waals surface area contributed by atoms with E-state index in [1.54, 1.807) is 0 Å². The molecule has 0 heterocycles. The number of aliphatic hydroxyl groups is 1. The lowest BCUT2D eigenvalue weighted by Gasteiger charge is -2.18. The maximum Gasteiger partial charge on any atom is 0.0726 e. The molecular weight excluding hydrogens is 172 g/mol. The fourth-order valence-electron chi connectivity index (χ4n) is 2.06. The molecule has 2 rings (SSSR count). The molecule has 1 N–H and O–H groups in total. The zero-order valence-corrected chi connectivity index (χ0v) is 8.53. The number of hydrogen-bond acceptors (Lipinski definition) is 1. The van der Waals surface area contributed by atoms with Gasteiger partial charge >= 0.3 is 0 Å². The van der Waals surface area contributed by atoms with Crippen molar-refractivity contribution in [2.24, 2.45) is 0 Å². The molecular formula is C13H16O. The predicted molar refractivity (Wildman–Crippen MR) is 59.0 cm³/mol. The van der Waals surface area contributed by atoms with Gasteiger partial charge in [-0.1, -0.05) is 30.3 Å². The first kappa shape index (κ1) is 9.47. The largest absolute Gasteiger partial charge is 0.389 e. The summed E-state index contributed by atoms with van der Waals surface area (Å²) >= 11 is 0. The van der Waals surface area contributed by atoms with Gasteiger partial charge < -0.3 is 5.11 Å². The zero-order chi connectivity index (χ0) is 9.97. The van der Waals surface area contributed by atoms with Gasteiger partial charge in [0.05, 0.1) is 6.10 Å². The van der Waals surface area contributed by atoms with Crippen molar-refractivity contribution in [1.29, 1.82) is 0 Å². The second-order valence-electron chi connectivity index (χ2n) is 3.97. The molecule has 1 heteroatoms. The third kappa shape index (κ3) is 1.88. The second-order valence-corrected chi connectivity index (χ2v) is 3.97. The first-order valence-electron chi connectivity index (χ1n) is 5.22. The molecule has 0 amide bonds. The van der Waals surface area contributed by atoms with Gasteiger partial charge in [0, 0.05) is 0 Å². The maximum absolute atomic E-state index is 9.56. The van der Waals surface area contributed by atoms with Crippen molar-refractivity contribution in [3.63, 3.8) is 0 Å². The van der Waals surface area contributed by atoms with E-state index in [-0.39, 0.29) is 6.10 Å². The minimum atomic E-state index is -0.238. The van der Waals surface area contributed by atoms with Gasteiger partial charge in [0.25, 0.3) is 0 Å². The molecule has 0 fully saturated rings. The van der Waals surface area contributed by atoms with Crippen LogP contribution in [0.4, 0.5) is 0 Å². The summed E-state index contributed by atoms with van der Waals surface area (Å²) < 4.78 is 0. The third-order valence-electron chi connectivity index (χ3n) is 2.83. The zero-order valence-electron chi connectivity index (χ0n) is 8.53. The van der Waals surface area contributed by atoms with Gasteiger partial charge in [0.15, 0.2) is 0 Å². The smallest absolute Gasteiger partial charge is 0.0726 e. The average molecular weight is 188 g/mol. The Bertz CT molecular complexity index is 352. The summed E-state index contributed by atoms with van der Waals surface area (Å²) in [5.41, 5.74) is 3.90. The van der Waals surface area contributed by atoms with E-state index >= 15 is 0 Å². The van der Waals surface area contributed by atoms with Crippen molar-refractivity contribution in [1.82, 2.24) is 0 Å². The summed E-state index contributed by atoms with van der Waals surface area (Å²) in [5, 5.41) is 9.56. The van der Waals surface area contributed by atoms with Crippen LogP contribution in [0, 0.1) is 6.92 Å². The summed E-state index contributed by atoms with van der Waals surface area (Å²) in [6.45, 7) is 2.12. The minimum Gasteiger partial charge on any atom is -0.389 e. The fraction of sp³-hybridized carbons (Fsp3) is 0.385. The first-order valence-corrected chi connectivity index (χ1v) is 5.22. The van der Waals surface area contributed by atoms with Gasteiger partial charge in [0.1, 0.15) is 0 Å². The van der Waals surface area contributed by atoms with Crippen molar-refractivity contribution in [2.75, 3.05) is 0 Å². The highest BCUT2D eigenvalue weighted by Crippen LogP contribution is 2.28. The topological polar surface area (TPSA) is 20.2 Å². The Morgan fingerprint density at radius 1 is 1.29 bits per heavy atom. The van der Waals surface area contributed by atoms with Crippen LogP contribution in [0.15, 0.2) is 30.3 Å². The lowest BCUT2D eigenvalue weighted by atomic mass is 9.90. The molecule has 1 aliphatic carbocycles. The molecule has 0 radical (unpaired) electrons. The lowest BCUT2D eigenvalue weighted by molar-refractivity contribution is 0.206. The summed E-state index contributed by atoms with van der Waals surface area (Å²) in [4.78, 5) is 0. The first-order chi connectivity index (χ1) is 6.77. The Kier molecular flexibility index (Phi) is 2.69. The van der Waals surface area contributed by atoms with Crippen LogP contribution in [-0.4, -0.2) is 11.2 Å². The summed E-state index contributed by atoms with van der Waals surface area (Å²) in [7, 11) is 0. The van der Waals surface area contributed by atoms with Crippen molar-refractivity contribution in [2.45, 2.75) is 32.3 Å². The Hall–Kier alpha value is -1.08. The molecule has 74 valence electrons. The number of aliphatic hydroxyl groups excluding tert-OH is 1. The number of hydrogen-bond donors (Lipinski definition) is 1. The van der Waals surface area contributed by atoms with E-state index in [2.05, 4.69) is 31.2 Å². The molecule has 14 heavy (non-hydrogen) atoms. The Morgan fingerprint density at radius 3 is 2.79 bits per heavy atom. The molecule has 0 unspecified atom stereocenters. The van der Waals surface area contributed by atoms with Crippen LogP contribution in [-0.2, 0) is 0 Å². The summed E-state index contributed by atoms with van der Waals surface area (Å²) in [6.07, 6.45) is 4.88. The highest BCUT2D eigenvalue weighted by Gasteiger charge is 2.12. The molecule has 1 atom stereocenters. The van der Waals surface area contributed by atoms with E-state index in [0.29, 0.717) is 0 Å². The average Bonchev–Trinajstić information content (AvgIpc) is 2.18. The quantitative estimate of drug-likeness (QED) is 0.718. The fourth-order valence-corrected chi connectivity index (χ4v) is 2.06. The Labute approximate surface area is 85.1 Å². The van der Waals surface area contributed by atoms with Gasteiger partial charge in [-0.25, -0.2) is 0 Å². The maximum atomic E-state index is 9.56. The molecule has 1 aromatic carbocycles. The van der Waals surface area contributed by atoms with Gasteiger partial charge in [-0.3, -0.25) is 0 Å². The van der Waals surface area contributed by atoms with E-state index < -0.39 is 0 Å². The summed E-state index contributed by atoms with van der Waals surface area (Å²) in [5.74, 6) is 0. The monoisotopic (exact) mass is 188 g/mol. The molecule has 0 saturated heterocycles. The molecule has 0 saturated carbocycles. The summed E-state index contributed by atoms with van der Waals surface area (Å²) in [6, 6.07) is 8.37. The van der Waals surface area contributed by atoms with E-state index in [9.17, 15) is 5.11 Å². The van der Waals surface area contributed by atoms with Gasteiger partial charge in [0.2, 0.25) is 0 Å². The lowest BCUT2D eigenvalue weighted by Crippen LogP contribution is -2.08. The SMILES string of the molecule is Cc1ccccc1C1=C[C@H](O)CCC1. The van der Waals surface area contributed by atoms with E-state index in [0.717, 1.165) is 19.3 Å². The molecule has 1 aliphatic rings. The van der Waals surface area contributed by atoms with Crippen molar-refractivity contribution < 1.29 is 5.11 Å². The highest BCUT2D eigenvalue weighted by atomic mass is 16.3. The molecule has 1 nitrogen and oxygen atoms in total. The number of allylic oxidation sites excluding steroid dienone is 1. The Balaban J connectivity index is 2.35. The molecule has 0 spiro atoms. The Morgan fingerprint density at radius 2 is 2.07 bits per heavy atom. The molecule has 0 aromatic heterocycles.